The highest BCUT2D eigenvalue weighted by Gasteiger charge is 2.08. The Bertz CT molecular complexity index is 331. The second-order valence-corrected chi connectivity index (χ2v) is 7.73. The van der Waals surface area contributed by atoms with E-state index in [1.165, 1.54) is 76.2 Å². The van der Waals surface area contributed by atoms with Crippen molar-refractivity contribution in [3.63, 3.8) is 0 Å². The van der Waals surface area contributed by atoms with E-state index in [2.05, 4.69) is 51.1 Å². The van der Waals surface area contributed by atoms with Crippen molar-refractivity contribution in [2.24, 2.45) is 5.41 Å². The third-order valence-electron chi connectivity index (χ3n) is 4.24. The zero-order chi connectivity index (χ0) is 15.4. The van der Waals surface area contributed by atoms with Crippen LogP contribution in [0.25, 0.3) is 0 Å². The van der Waals surface area contributed by atoms with Gasteiger partial charge in [-0.15, -0.1) is 0 Å². The van der Waals surface area contributed by atoms with Crippen LogP contribution < -0.4 is 0 Å². The Balaban J connectivity index is 1.81. The van der Waals surface area contributed by atoms with Gasteiger partial charge in [-0.2, -0.15) is 0 Å². The SMILES string of the molecule is CC(C)(C)CCCCCCCCCCCc1ccccc1. The fourth-order valence-electron chi connectivity index (χ4n) is 2.87. The van der Waals surface area contributed by atoms with Gasteiger partial charge in [0.05, 0.1) is 0 Å². The second kappa shape index (κ2) is 10.9. The predicted octanol–water partition coefficient (Wildman–Crippen LogP) is 7.18. The molecule has 1 aromatic rings. The summed E-state index contributed by atoms with van der Waals surface area (Å²) in [5.74, 6) is 0. The van der Waals surface area contributed by atoms with Gasteiger partial charge in [-0.25, -0.2) is 0 Å². The first-order chi connectivity index (χ1) is 10.1. The summed E-state index contributed by atoms with van der Waals surface area (Å²) < 4.78 is 0. The minimum Gasteiger partial charge on any atom is -0.0622 e. The number of hydrogen-bond acceptors (Lipinski definition) is 0. The molecule has 1 aromatic carbocycles. The van der Waals surface area contributed by atoms with Gasteiger partial charge in [-0.1, -0.05) is 102 Å². The van der Waals surface area contributed by atoms with Gasteiger partial charge >= 0.3 is 0 Å². The number of aryl methyl sites for hydroxylation is 1. The maximum Gasteiger partial charge on any atom is -0.0279 e. The maximum absolute atomic E-state index is 2.35. The van der Waals surface area contributed by atoms with E-state index < -0.39 is 0 Å². The highest BCUT2D eigenvalue weighted by atomic mass is 14.1. The maximum atomic E-state index is 2.35. The molecule has 0 fully saturated rings. The van der Waals surface area contributed by atoms with Gasteiger partial charge in [0.2, 0.25) is 0 Å². The fraction of sp³-hybridized carbons (Fsp3) is 0.714. The zero-order valence-electron chi connectivity index (χ0n) is 14.7. The van der Waals surface area contributed by atoms with Crippen LogP contribution in [0.5, 0.6) is 0 Å². The zero-order valence-corrected chi connectivity index (χ0v) is 14.7. The molecule has 0 aliphatic heterocycles. The van der Waals surface area contributed by atoms with Crippen LogP contribution in [-0.2, 0) is 6.42 Å². The summed E-state index contributed by atoms with van der Waals surface area (Å²) in [6.45, 7) is 7.05. The van der Waals surface area contributed by atoms with Gasteiger partial charge in [0, 0.05) is 0 Å². The molecule has 0 unspecified atom stereocenters. The smallest absolute Gasteiger partial charge is 0.0279 e. The summed E-state index contributed by atoms with van der Waals surface area (Å²) >= 11 is 0. The molecular weight excluding hydrogens is 252 g/mol. The van der Waals surface area contributed by atoms with Crippen molar-refractivity contribution in [1.82, 2.24) is 0 Å². The van der Waals surface area contributed by atoms with Crippen LogP contribution in [0.2, 0.25) is 0 Å². The molecule has 0 aliphatic rings. The van der Waals surface area contributed by atoms with Crippen molar-refractivity contribution in [1.29, 1.82) is 0 Å². The lowest BCUT2D eigenvalue weighted by Crippen LogP contribution is -2.03. The van der Waals surface area contributed by atoms with E-state index in [0.717, 1.165) is 0 Å². The molecule has 0 atom stereocenters. The highest BCUT2D eigenvalue weighted by Crippen LogP contribution is 2.22. The summed E-state index contributed by atoms with van der Waals surface area (Å²) in [7, 11) is 0. The predicted molar refractivity (Wildman–Crippen MR) is 95.8 cm³/mol. The van der Waals surface area contributed by atoms with Crippen molar-refractivity contribution in [2.75, 3.05) is 0 Å². The van der Waals surface area contributed by atoms with E-state index in [4.69, 9.17) is 0 Å². The van der Waals surface area contributed by atoms with Crippen LogP contribution in [0.4, 0.5) is 0 Å². The van der Waals surface area contributed by atoms with Crippen LogP contribution >= 0.6 is 0 Å². The molecule has 0 heteroatoms. The number of benzene rings is 1. The first kappa shape index (κ1) is 18.3. The lowest BCUT2D eigenvalue weighted by atomic mass is 9.89. The van der Waals surface area contributed by atoms with Gasteiger partial charge in [0.1, 0.15) is 0 Å². The monoisotopic (exact) mass is 288 g/mol. The van der Waals surface area contributed by atoms with Crippen LogP contribution in [-0.4, -0.2) is 0 Å². The van der Waals surface area contributed by atoms with Crippen molar-refractivity contribution < 1.29 is 0 Å². The van der Waals surface area contributed by atoms with E-state index in [0.29, 0.717) is 5.41 Å². The van der Waals surface area contributed by atoms with Gasteiger partial charge in [0.15, 0.2) is 0 Å². The molecular formula is C21H36. The molecule has 0 heterocycles. The Kier molecular flexibility index (Phi) is 9.46. The van der Waals surface area contributed by atoms with Crippen LogP contribution in [0.1, 0.15) is 90.5 Å². The number of rotatable bonds is 11. The Hall–Kier alpha value is -0.780. The quantitative estimate of drug-likeness (QED) is 0.378. The summed E-state index contributed by atoms with van der Waals surface area (Å²) in [5, 5.41) is 0. The summed E-state index contributed by atoms with van der Waals surface area (Å²) in [5.41, 5.74) is 2.02. The molecule has 0 aromatic heterocycles. The van der Waals surface area contributed by atoms with Crippen LogP contribution in [0.3, 0.4) is 0 Å². The number of hydrogen-bond donors (Lipinski definition) is 0. The van der Waals surface area contributed by atoms with E-state index >= 15 is 0 Å². The van der Waals surface area contributed by atoms with Gasteiger partial charge in [-0.05, 0) is 30.2 Å². The first-order valence-corrected chi connectivity index (χ1v) is 9.12. The molecule has 0 spiro atoms. The van der Waals surface area contributed by atoms with Crippen molar-refractivity contribution >= 4 is 0 Å². The average Bonchev–Trinajstić information content (AvgIpc) is 2.44. The average molecular weight is 289 g/mol. The third-order valence-corrected chi connectivity index (χ3v) is 4.24. The second-order valence-electron chi connectivity index (χ2n) is 7.73. The van der Waals surface area contributed by atoms with E-state index in [1.807, 2.05) is 0 Å². The van der Waals surface area contributed by atoms with Crippen molar-refractivity contribution in [2.45, 2.75) is 91.4 Å². The molecule has 0 saturated heterocycles. The fourth-order valence-corrected chi connectivity index (χ4v) is 2.87. The van der Waals surface area contributed by atoms with Gasteiger partial charge in [0.25, 0.3) is 0 Å². The molecule has 0 saturated carbocycles. The minimum atomic E-state index is 0.527. The Morgan fingerprint density at radius 3 is 1.62 bits per heavy atom. The molecule has 0 nitrogen and oxygen atoms in total. The largest absolute Gasteiger partial charge is 0.0622 e. The molecule has 0 amide bonds. The summed E-state index contributed by atoms with van der Waals surface area (Å²) in [6.07, 6.45) is 15.5. The van der Waals surface area contributed by atoms with Crippen molar-refractivity contribution in [3.8, 4) is 0 Å². The van der Waals surface area contributed by atoms with Crippen LogP contribution in [0.15, 0.2) is 30.3 Å². The Morgan fingerprint density at radius 1 is 0.619 bits per heavy atom. The molecule has 0 radical (unpaired) electrons. The highest BCUT2D eigenvalue weighted by molar-refractivity contribution is 5.14. The first-order valence-electron chi connectivity index (χ1n) is 9.12. The molecule has 0 bridgehead atoms. The minimum absolute atomic E-state index is 0.527. The Labute approximate surface area is 133 Å². The van der Waals surface area contributed by atoms with Gasteiger partial charge < -0.3 is 0 Å². The van der Waals surface area contributed by atoms with Crippen LogP contribution in [0, 0.1) is 5.41 Å². The molecule has 120 valence electrons. The Morgan fingerprint density at radius 2 is 1.10 bits per heavy atom. The number of unbranched alkanes of at least 4 members (excludes halogenated alkanes) is 8. The normalized spacial score (nSPS) is 11.8. The molecule has 0 N–H and O–H groups in total. The third kappa shape index (κ3) is 11.5. The van der Waals surface area contributed by atoms with E-state index in [-0.39, 0.29) is 0 Å². The summed E-state index contributed by atoms with van der Waals surface area (Å²) in [6, 6.07) is 10.9. The van der Waals surface area contributed by atoms with E-state index in [9.17, 15) is 0 Å². The topological polar surface area (TPSA) is 0 Å². The lowest BCUT2D eigenvalue weighted by Gasteiger charge is -2.17. The molecule has 1 rings (SSSR count). The summed E-state index contributed by atoms with van der Waals surface area (Å²) in [4.78, 5) is 0. The standard InChI is InChI=1S/C21H36/c1-21(2,3)19-15-10-8-6-4-5-7-9-12-16-20-17-13-11-14-18-20/h11,13-14,17-18H,4-10,12,15-16,19H2,1-3H3. The molecule has 21 heavy (non-hydrogen) atoms. The van der Waals surface area contributed by atoms with Crippen molar-refractivity contribution in [3.05, 3.63) is 35.9 Å². The lowest BCUT2D eigenvalue weighted by molar-refractivity contribution is 0.356. The van der Waals surface area contributed by atoms with E-state index in [1.54, 1.807) is 0 Å². The van der Waals surface area contributed by atoms with Gasteiger partial charge in [-0.3, -0.25) is 0 Å². The molecule has 0 aliphatic carbocycles.